The summed E-state index contributed by atoms with van der Waals surface area (Å²) < 4.78 is 28.5. The summed E-state index contributed by atoms with van der Waals surface area (Å²) in [5.74, 6) is -3.18. The molecule has 3 N–H and O–H groups in total. The van der Waals surface area contributed by atoms with Crippen LogP contribution in [0.25, 0.3) is 0 Å². The summed E-state index contributed by atoms with van der Waals surface area (Å²) in [4.78, 5) is 51.3. The first-order chi connectivity index (χ1) is 39.6. The van der Waals surface area contributed by atoms with Gasteiger partial charge in [0.05, 0.1) is 6.61 Å². The maximum Gasteiger partial charge on any atom is 0.335 e. The number of carboxylic acid groups (broad SMARTS) is 1. The van der Waals surface area contributed by atoms with Crippen molar-refractivity contribution in [2.45, 2.75) is 289 Å². The Labute approximate surface area is 491 Å². The molecule has 0 radical (unpaired) electrons. The van der Waals surface area contributed by atoms with Gasteiger partial charge in [0, 0.05) is 19.3 Å². The van der Waals surface area contributed by atoms with Gasteiger partial charge < -0.3 is 39.0 Å². The van der Waals surface area contributed by atoms with Gasteiger partial charge in [0.2, 0.25) is 0 Å². The molecule has 460 valence electrons. The molecule has 81 heavy (non-hydrogen) atoms. The molecule has 1 rings (SSSR count). The lowest BCUT2D eigenvalue weighted by molar-refractivity contribution is -0.301. The molecule has 0 aliphatic carbocycles. The fourth-order valence-corrected chi connectivity index (χ4v) is 9.03. The topological polar surface area (TPSA) is 175 Å². The van der Waals surface area contributed by atoms with Crippen molar-refractivity contribution in [2.24, 2.45) is 0 Å². The molecular formula is C69H112O12. The lowest BCUT2D eigenvalue weighted by atomic mass is 9.98. The van der Waals surface area contributed by atoms with Crippen LogP contribution in [0.5, 0.6) is 0 Å². The number of aliphatic hydroxyl groups excluding tert-OH is 2. The fourth-order valence-electron chi connectivity index (χ4n) is 9.03. The minimum absolute atomic E-state index is 0.0533. The van der Waals surface area contributed by atoms with Crippen LogP contribution in [-0.4, -0.2) is 89.2 Å². The number of aliphatic hydroxyl groups is 2. The second-order valence-corrected chi connectivity index (χ2v) is 21.3. The number of allylic oxidation sites excluding steroid dienone is 18. The number of rotatable bonds is 53. The third kappa shape index (κ3) is 45.6. The van der Waals surface area contributed by atoms with Crippen molar-refractivity contribution in [3.8, 4) is 0 Å². The highest BCUT2D eigenvalue weighted by Crippen LogP contribution is 2.26. The zero-order chi connectivity index (χ0) is 58.9. The molecule has 0 bridgehead atoms. The molecule has 0 aromatic heterocycles. The average Bonchev–Trinajstić information content (AvgIpc) is 3.46. The number of carboxylic acids is 1. The van der Waals surface area contributed by atoms with Gasteiger partial charge in [-0.25, -0.2) is 4.79 Å². The maximum atomic E-state index is 13.2. The van der Waals surface area contributed by atoms with Crippen LogP contribution in [-0.2, 0) is 42.9 Å². The van der Waals surface area contributed by atoms with Gasteiger partial charge in [-0.2, -0.15) is 0 Å². The zero-order valence-corrected chi connectivity index (χ0v) is 50.7. The van der Waals surface area contributed by atoms with E-state index < -0.39 is 67.3 Å². The fraction of sp³-hybridized carbons (Fsp3) is 0.681. The van der Waals surface area contributed by atoms with E-state index in [-0.39, 0.29) is 25.9 Å². The summed E-state index contributed by atoms with van der Waals surface area (Å²) in [6.45, 7) is 5.73. The van der Waals surface area contributed by atoms with Crippen LogP contribution in [0, 0.1) is 0 Å². The monoisotopic (exact) mass is 1130 g/mol. The molecule has 1 aliphatic heterocycles. The highest BCUT2D eigenvalue weighted by Gasteiger charge is 2.50. The van der Waals surface area contributed by atoms with Gasteiger partial charge in [-0.1, -0.05) is 239 Å². The number of esters is 3. The SMILES string of the molecule is CC/C=C\C/C=C\C/C=C\C/C=C\C/C=C\CCCCCC(=O)OCC(COC1OC(C(=O)O)C(O)C(O)C1OC(=O)CCCCCCCCCCCCCCC)OC(=O)CCCCCCCC/C=C\C/C=C\C/C=C\C/C=C\CC. The average molecular weight is 1130 g/mol. The molecule has 1 saturated heterocycles. The molecule has 6 atom stereocenters. The van der Waals surface area contributed by atoms with E-state index in [0.717, 1.165) is 141 Å². The van der Waals surface area contributed by atoms with Crippen LogP contribution in [0.15, 0.2) is 109 Å². The van der Waals surface area contributed by atoms with Crippen molar-refractivity contribution in [1.82, 2.24) is 0 Å². The van der Waals surface area contributed by atoms with Gasteiger partial charge in [0.15, 0.2) is 24.6 Å². The number of hydrogen-bond donors (Lipinski definition) is 3. The van der Waals surface area contributed by atoms with E-state index in [9.17, 15) is 34.5 Å². The molecular weight excluding hydrogens is 1020 g/mol. The van der Waals surface area contributed by atoms with E-state index in [0.29, 0.717) is 19.3 Å². The van der Waals surface area contributed by atoms with E-state index in [1.807, 2.05) is 0 Å². The predicted octanol–water partition coefficient (Wildman–Crippen LogP) is 17.0. The van der Waals surface area contributed by atoms with Gasteiger partial charge in [0.25, 0.3) is 0 Å². The van der Waals surface area contributed by atoms with Crippen LogP contribution in [0.2, 0.25) is 0 Å². The predicted molar refractivity (Wildman–Crippen MR) is 330 cm³/mol. The van der Waals surface area contributed by atoms with Crippen molar-refractivity contribution in [3.05, 3.63) is 109 Å². The standard InChI is InChI=1S/C69H112O12/c1-4-7-10-13-16-19-22-25-27-29-31-33-35-38-40-43-46-49-52-55-61(70)77-58-60(79-62(71)56-53-50-47-44-42-39-36-34-32-30-28-26-23-20-17-14-11-8-5-2)59-78-69-67(65(74)64(73)66(81-69)68(75)76)80-63(72)57-54-51-48-45-41-37-24-21-18-15-12-9-6-3/h7-8,10-11,16-17,19-20,25-28,31-34,38,40,60,64-67,69,73-74H,4-6,9,12-15,18,21-24,29-30,35-37,39,41-59H2,1-3H3,(H,75,76)/b10-7-,11-8-,19-16-,20-17-,27-25-,28-26-,33-31-,34-32-,40-38-. The van der Waals surface area contributed by atoms with Gasteiger partial charge in [0.1, 0.15) is 18.8 Å². The molecule has 0 spiro atoms. The Hall–Kier alpha value is -4.62. The maximum absolute atomic E-state index is 13.2. The number of unbranched alkanes of at least 4 members (excludes halogenated alkanes) is 21. The molecule has 0 aromatic rings. The van der Waals surface area contributed by atoms with Gasteiger partial charge in [-0.3, -0.25) is 14.4 Å². The molecule has 0 aromatic carbocycles. The summed E-state index contributed by atoms with van der Waals surface area (Å²) in [5, 5.41) is 31.6. The first kappa shape index (κ1) is 74.4. The summed E-state index contributed by atoms with van der Waals surface area (Å²) in [5.41, 5.74) is 0. The molecule has 0 amide bonds. The normalized spacial score (nSPS) is 18.5. The molecule has 0 saturated carbocycles. The van der Waals surface area contributed by atoms with Crippen molar-refractivity contribution in [1.29, 1.82) is 0 Å². The number of carbonyl (C=O) groups is 4. The van der Waals surface area contributed by atoms with Crippen molar-refractivity contribution in [3.63, 3.8) is 0 Å². The van der Waals surface area contributed by atoms with Crippen LogP contribution in [0.4, 0.5) is 0 Å². The number of ether oxygens (including phenoxy) is 5. The first-order valence-corrected chi connectivity index (χ1v) is 31.9. The van der Waals surface area contributed by atoms with Gasteiger partial charge in [-0.15, -0.1) is 0 Å². The Morgan fingerprint density at radius 3 is 1.20 bits per heavy atom. The number of hydrogen-bond acceptors (Lipinski definition) is 11. The summed E-state index contributed by atoms with van der Waals surface area (Å²) in [6.07, 6.45) is 63.3. The summed E-state index contributed by atoms with van der Waals surface area (Å²) >= 11 is 0. The smallest absolute Gasteiger partial charge is 0.335 e. The van der Waals surface area contributed by atoms with Crippen LogP contribution in [0.3, 0.4) is 0 Å². The Kier molecular flexibility index (Phi) is 51.3. The van der Waals surface area contributed by atoms with Crippen molar-refractivity contribution in [2.75, 3.05) is 13.2 Å². The van der Waals surface area contributed by atoms with Crippen LogP contribution < -0.4 is 0 Å². The highest BCUT2D eigenvalue weighted by atomic mass is 16.7. The molecule has 6 unspecified atom stereocenters. The third-order valence-electron chi connectivity index (χ3n) is 13.8. The number of aliphatic carboxylic acids is 1. The largest absolute Gasteiger partial charge is 0.479 e. The quantitative estimate of drug-likeness (QED) is 0.0228. The minimum atomic E-state index is -1.91. The van der Waals surface area contributed by atoms with Crippen LogP contribution >= 0.6 is 0 Å². The van der Waals surface area contributed by atoms with Gasteiger partial charge >= 0.3 is 23.9 Å². The Morgan fingerprint density at radius 2 is 0.778 bits per heavy atom. The minimum Gasteiger partial charge on any atom is -0.479 e. The van der Waals surface area contributed by atoms with E-state index in [1.165, 1.54) is 51.4 Å². The molecule has 1 heterocycles. The Balaban J connectivity index is 2.71. The summed E-state index contributed by atoms with van der Waals surface area (Å²) in [6, 6.07) is 0. The van der Waals surface area contributed by atoms with E-state index in [4.69, 9.17) is 23.7 Å². The zero-order valence-electron chi connectivity index (χ0n) is 50.7. The second-order valence-electron chi connectivity index (χ2n) is 21.3. The lowest BCUT2D eigenvalue weighted by Gasteiger charge is -2.40. The number of carbonyl (C=O) groups excluding carboxylic acids is 3. The third-order valence-corrected chi connectivity index (χ3v) is 13.8. The van der Waals surface area contributed by atoms with Crippen molar-refractivity contribution < 1.29 is 58.2 Å². The Morgan fingerprint density at radius 1 is 0.420 bits per heavy atom. The Bertz CT molecular complexity index is 1820. The van der Waals surface area contributed by atoms with E-state index in [1.54, 1.807) is 0 Å². The van der Waals surface area contributed by atoms with E-state index >= 15 is 0 Å². The van der Waals surface area contributed by atoms with Crippen molar-refractivity contribution >= 4 is 23.9 Å². The highest BCUT2D eigenvalue weighted by molar-refractivity contribution is 5.74. The van der Waals surface area contributed by atoms with Gasteiger partial charge in [-0.05, 0) is 103 Å². The second kappa shape index (κ2) is 55.9. The molecule has 1 fully saturated rings. The molecule has 12 nitrogen and oxygen atoms in total. The van der Waals surface area contributed by atoms with Crippen LogP contribution in [0.1, 0.15) is 252 Å². The van der Waals surface area contributed by atoms with E-state index in [2.05, 4.69) is 130 Å². The molecule has 1 aliphatic rings. The lowest BCUT2D eigenvalue weighted by Crippen LogP contribution is -2.61. The first-order valence-electron chi connectivity index (χ1n) is 31.9. The summed E-state index contributed by atoms with van der Waals surface area (Å²) in [7, 11) is 0. The molecule has 12 heteroatoms.